The first-order chi connectivity index (χ1) is 10.6. The number of hydrogen-bond donors (Lipinski definition) is 0. The second-order valence-corrected chi connectivity index (χ2v) is 4.99. The molecule has 0 fully saturated rings. The molecule has 0 unspecified atom stereocenters. The van der Waals surface area contributed by atoms with Crippen LogP contribution in [0.4, 0.5) is 4.39 Å². The number of halogens is 1. The molecule has 0 heterocycles. The minimum Gasteiger partial charge on any atom is -0.465 e. The average Bonchev–Trinajstić information content (AvgIpc) is 2.55. The number of rotatable bonds is 6. The van der Waals surface area contributed by atoms with Crippen LogP contribution in [-0.2, 0) is 11.2 Å². The van der Waals surface area contributed by atoms with E-state index in [0.29, 0.717) is 5.75 Å². The van der Waals surface area contributed by atoms with Crippen molar-refractivity contribution in [1.82, 2.24) is 0 Å². The number of benzene rings is 2. The van der Waals surface area contributed by atoms with Gasteiger partial charge in [0.25, 0.3) is 0 Å². The normalized spacial score (nSPS) is 10.3. The molecular formula is C18H19FO3. The van der Waals surface area contributed by atoms with Gasteiger partial charge in [-0.3, -0.25) is 0 Å². The van der Waals surface area contributed by atoms with Crippen molar-refractivity contribution >= 4 is 5.97 Å². The van der Waals surface area contributed by atoms with Crippen LogP contribution in [0, 0.1) is 5.82 Å². The molecule has 4 heteroatoms. The Morgan fingerprint density at radius 3 is 2.45 bits per heavy atom. The maximum atomic E-state index is 13.9. The van der Waals surface area contributed by atoms with Crippen LogP contribution in [0.15, 0.2) is 42.5 Å². The maximum absolute atomic E-state index is 13.9. The van der Waals surface area contributed by atoms with E-state index in [1.54, 1.807) is 0 Å². The maximum Gasteiger partial charge on any atom is 0.337 e. The summed E-state index contributed by atoms with van der Waals surface area (Å²) < 4.78 is 24.0. The van der Waals surface area contributed by atoms with E-state index in [-0.39, 0.29) is 11.3 Å². The minimum absolute atomic E-state index is 0.0777. The highest BCUT2D eigenvalue weighted by atomic mass is 19.1. The van der Waals surface area contributed by atoms with Gasteiger partial charge >= 0.3 is 5.97 Å². The van der Waals surface area contributed by atoms with Crippen LogP contribution in [0.25, 0.3) is 0 Å². The lowest BCUT2D eigenvalue weighted by atomic mass is 10.1. The summed E-state index contributed by atoms with van der Waals surface area (Å²) in [5.74, 6) is -0.539. The van der Waals surface area contributed by atoms with Crippen molar-refractivity contribution < 1.29 is 18.7 Å². The highest BCUT2D eigenvalue weighted by Gasteiger charge is 2.11. The summed E-state index contributed by atoms with van der Waals surface area (Å²) in [5, 5.41) is 0. The third-order valence-electron chi connectivity index (χ3n) is 3.32. The first-order valence-corrected chi connectivity index (χ1v) is 7.28. The summed E-state index contributed by atoms with van der Waals surface area (Å²) >= 11 is 0. The Morgan fingerprint density at radius 1 is 1.14 bits per heavy atom. The Labute approximate surface area is 129 Å². The summed E-state index contributed by atoms with van der Waals surface area (Å²) in [7, 11) is 1.25. The molecule has 0 aliphatic rings. The molecule has 3 nitrogen and oxygen atoms in total. The van der Waals surface area contributed by atoms with Crippen LogP contribution in [-0.4, -0.2) is 13.1 Å². The van der Waals surface area contributed by atoms with Gasteiger partial charge < -0.3 is 9.47 Å². The van der Waals surface area contributed by atoms with Gasteiger partial charge in [0, 0.05) is 0 Å². The molecule has 0 atom stereocenters. The molecular weight excluding hydrogens is 283 g/mol. The lowest BCUT2D eigenvalue weighted by molar-refractivity contribution is 0.0600. The quantitative estimate of drug-likeness (QED) is 0.722. The topological polar surface area (TPSA) is 35.5 Å². The molecule has 2 rings (SSSR count). The van der Waals surface area contributed by atoms with E-state index in [2.05, 4.69) is 11.7 Å². The second-order valence-electron chi connectivity index (χ2n) is 4.99. The molecule has 0 saturated carbocycles. The predicted octanol–water partition coefficient (Wildman–Crippen LogP) is 4.75. The summed E-state index contributed by atoms with van der Waals surface area (Å²) in [5.41, 5.74) is 1.39. The lowest BCUT2D eigenvalue weighted by Gasteiger charge is -2.08. The van der Waals surface area contributed by atoms with Crippen LogP contribution >= 0.6 is 0 Å². The zero-order chi connectivity index (χ0) is 15.9. The van der Waals surface area contributed by atoms with Gasteiger partial charge in [0.1, 0.15) is 5.75 Å². The average molecular weight is 302 g/mol. The number of methoxy groups -OCH3 is 1. The zero-order valence-corrected chi connectivity index (χ0v) is 12.8. The predicted molar refractivity (Wildman–Crippen MR) is 82.9 cm³/mol. The first kappa shape index (κ1) is 16.0. The van der Waals surface area contributed by atoms with Gasteiger partial charge in [0.2, 0.25) is 0 Å². The monoisotopic (exact) mass is 302 g/mol. The van der Waals surface area contributed by atoms with Crippen molar-refractivity contribution in [2.45, 2.75) is 26.2 Å². The van der Waals surface area contributed by atoms with E-state index in [1.165, 1.54) is 24.8 Å². The fraction of sp³-hybridized carbons (Fsp3) is 0.278. The standard InChI is InChI=1S/C18H19FO3/c1-3-4-5-13-6-9-15(10-7-13)22-17-11-8-14(12-16(17)19)18(20)21-2/h6-12H,3-5H2,1-2H3. The van der Waals surface area contributed by atoms with Crippen LogP contribution in [0.1, 0.15) is 35.7 Å². The molecule has 0 saturated heterocycles. The van der Waals surface area contributed by atoms with E-state index in [1.807, 2.05) is 24.3 Å². The molecule has 0 aliphatic carbocycles. The van der Waals surface area contributed by atoms with Gasteiger partial charge in [-0.15, -0.1) is 0 Å². The molecule has 0 spiro atoms. The Hall–Kier alpha value is -2.36. The number of esters is 1. The van der Waals surface area contributed by atoms with Crippen LogP contribution < -0.4 is 4.74 Å². The van der Waals surface area contributed by atoms with Gasteiger partial charge in [-0.25, -0.2) is 9.18 Å². The van der Waals surface area contributed by atoms with Crippen molar-refractivity contribution in [3.63, 3.8) is 0 Å². The Balaban J connectivity index is 2.08. The zero-order valence-electron chi connectivity index (χ0n) is 12.8. The number of hydrogen-bond acceptors (Lipinski definition) is 3. The molecule has 0 radical (unpaired) electrons. The minimum atomic E-state index is -0.599. The molecule has 0 bridgehead atoms. The molecule has 0 amide bonds. The van der Waals surface area contributed by atoms with E-state index >= 15 is 0 Å². The van der Waals surface area contributed by atoms with Crippen molar-refractivity contribution in [2.75, 3.05) is 7.11 Å². The highest BCUT2D eigenvalue weighted by molar-refractivity contribution is 5.89. The second kappa shape index (κ2) is 7.59. The summed E-state index contributed by atoms with van der Waals surface area (Å²) in [6.45, 7) is 2.15. The SMILES string of the molecule is CCCCc1ccc(Oc2ccc(C(=O)OC)cc2F)cc1. The third kappa shape index (κ3) is 4.07. The Morgan fingerprint density at radius 2 is 1.86 bits per heavy atom. The Bertz CT molecular complexity index is 635. The van der Waals surface area contributed by atoms with E-state index in [0.717, 1.165) is 25.3 Å². The summed E-state index contributed by atoms with van der Waals surface area (Å²) in [6.07, 6.45) is 3.32. The highest BCUT2D eigenvalue weighted by Crippen LogP contribution is 2.26. The fourth-order valence-electron chi connectivity index (χ4n) is 2.06. The van der Waals surface area contributed by atoms with E-state index < -0.39 is 11.8 Å². The number of ether oxygens (including phenoxy) is 2. The fourth-order valence-corrected chi connectivity index (χ4v) is 2.06. The smallest absolute Gasteiger partial charge is 0.337 e. The summed E-state index contributed by atoms with van der Waals surface area (Å²) in [6, 6.07) is 11.6. The summed E-state index contributed by atoms with van der Waals surface area (Å²) in [4.78, 5) is 11.3. The van der Waals surface area contributed by atoms with Gasteiger partial charge in [-0.05, 0) is 48.7 Å². The van der Waals surface area contributed by atoms with Crippen molar-refractivity contribution in [2.24, 2.45) is 0 Å². The number of carbonyl (C=O) groups excluding carboxylic acids is 1. The lowest BCUT2D eigenvalue weighted by Crippen LogP contribution is -2.02. The molecule has 2 aromatic rings. The van der Waals surface area contributed by atoms with Crippen molar-refractivity contribution in [3.8, 4) is 11.5 Å². The van der Waals surface area contributed by atoms with Gasteiger partial charge in [0.15, 0.2) is 11.6 Å². The molecule has 116 valence electrons. The molecule has 0 aliphatic heterocycles. The van der Waals surface area contributed by atoms with Gasteiger partial charge in [-0.2, -0.15) is 0 Å². The Kier molecular flexibility index (Phi) is 5.53. The number of unbranched alkanes of at least 4 members (excludes halogenated alkanes) is 1. The molecule has 0 N–H and O–H groups in total. The third-order valence-corrected chi connectivity index (χ3v) is 3.32. The van der Waals surface area contributed by atoms with E-state index in [4.69, 9.17) is 4.74 Å². The molecule has 2 aromatic carbocycles. The van der Waals surface area contributed by atoms with E-state index in [9.17, 15) is 9.18 Å². The number of aryl methyl sites for hydroxylation is 1. The van der Waals surface area contributed by atoms with Crippen molar-refractivity contribution in [1.29, 1.82) is 0 Å². The molecule has 0 aromatic heterocycles. The van der Waals surface area contributed by atoms with Crippen molar-refractivity contribution in [3.05, 3.63) is 59.4 Å². The molecule has 22 heavy (non-hydrogen) atoms. The van der Waals surface area contributed by atoms with Crippen LogP contribution in [0.2, 0.25) is 0 Å². The van der Waals surface area contributed by atoms with Gasteiger partial charge in [-0.1, -0.05) is 25.5 Å². The van der Waals surface area contributed by atoms with Crippen LogP contribution in [0.5, 0.6) is 11.5 Å². The van der Waals surface area contributed by atoms with Crippen LogP contribution in [0.3, 0.4) is 0 Å². The largest absolute Gasteiger partial charge is 0.465 e. The van der Waals surface area contributed by atoms with Gasteiger partial charge in [0.05, 0.1) is 12.7 Å². The number of carbonyl (C=O) groups is 1. The first-order valence-electron chi connectivity index (χ1n) is 7.28.